The van der Waals surface area contributed by atoms with Gasteiger partial charge in [-0.3, -0.25) is 9.69 Å². The van der Waals surface area contributed by atoms with Gasteiger partial charge in [0.25, 0.3) is 5.91 Å². The van der Waals surface area contributed by atoms with Gasteiger partial charge in [0.1, 0.15) is 5.69 Å². The van der Waals surface area contributed by atoms with Crippen LogP contribution in [-0.4, -0.2) is 66.0 Å². The Morgan fingerprint density at radius 2 is 1.60 bits per heavy atom. The molecule has 1 aliphatic heterocycles. The van der Waals surface area contributed by atoms with Crippen molar-refractivity contribution in [1.82, 2.24) is 14.8 Å². The van der Waals surface area contributed by atoms with Crippen molar-refractivity contribution >= 4 is 80.2 Å². The quantitative estimate of drug-likeness (QED) is 0.129. The minimum Gasteiger partial charge on any atom is -0.465 e. The number of ether oxygens (including phenoxy) is 1. The minimum atomic E-state index is -0.486. The number of amides is 1. The molecule has 8 nitrogen and oxygen atoms in total. The number of benzene rings is 4. The average Bonchev–Trinajstić information content (AvgIpc) is 3.60. The van der Waals surface area contributed by atoms with E-state index >= 15 is 4.79 Å². The number of carbonyl (C=O) groups excluding carboxylic acids is 2. The summed E-state index contributed by atoms with van der Waals surface area (Å²) in [5.74, 6) is -0.874. The Bertz CT molecular complexity index is 2310. The third-order valence-corrected chi connectivity index (χ3v) is 12.3. The van der Waals surface area contributed by atoms with Crippen LogP contribution in [0.5, 0.6) is 0 Å². The van der Waals surface area contributed by atoms with Crippen LogP contribution in [0.3, 0.4) is 0 Å². The molecule has 2 aliphatic rings. The molecule has 1 unspecified atom stereocenters. The predicted octanol–water partition coefficient (Wildman–Crippen LogP) is 11.7. The minimum absolute atomic E-state index is 0.315. The van der Waals surface area contributed by atoms with Gasteiger partial charge in [-0.2, -0.15) is 0 Å². The average molecular weight is 825 g/mol. The molecule has 0 radical (unpaired) electrons. The molecule has 1 atom stereocenters. The highest BCUT2D eigenvalue weighted by molar-refractivity contribution is 6.35. The van der Waals surface area contributed by atoms with E-state index in [1.165, 1.54) is 39.2 Å². The van der Waals surface area contributed by atoms with Crippen LogP contribution in [0.15, 0.2) is 97.7 Å². The van der Waals surface area contributed by atoms with Crippen molar-refractivity contribution in [1.29, 1.82) is 0 Å². The number of aromatic amines is 1. The maximum atomic E-state index is 15.0. The summed E-state index contributed by atoms with van der Waals surface area (Å²) in [5, 5.41) is 5.59. The van der Waals surface area contributed by atoms with Crippen LogP contribution in [-0.2, 0) is 4.74 Å². The fraction of sp³-hybridized carbons (Fsp3) is 0.304. The van der Waals surface area contributed by atoms with Gasteiger partial charge in [-0.05, 0) is 92.1 Å². The maximum Gasteiger partial charge on any atom is 0.337 e. The molecule has 11 heteroatoms. The zero-order valence-electron chi connectivity index (χ0n) is 32.6. The topological polar surface area (TPSA) is 80.9 Å². The zero-order chi connectivity index (χ0) is 40.2. The third-order valence-electron chi connectivity index (χ3n) is 11.5. The van der Waals surface area contributed by atoms with Crippen molar-refractivity contribution in [3.63, 3.8) is 0 Å². The van der Waals surface area contributed by atoms with Crippen LogP contribution < -0.4 is 10.2 Å². The number of piperazine rings is 1. The molecule has 4 aromatic carbocycles. The highest BCUT2D eigenvalue weighted by atomic mass is 35.5. The second kappa shape index (κ2) is 17.8. The number of esters is 1. The lowest BCUT2D eigenvalue weighted by Crippen LogP contribution is -2.51. The molecule has 1 aliphatic carbocycles. The summed E-state index contributed by atoms with van der Waals surface area (Å²) in [5.41, 5.74) is 6.80. The smallest absolute Gasteiger partial charge is 0.337 e. The number of carbonyl (C=O) groups is 2. The zero-order valence-corrected chi connectivity index (χ0v) is 34.9. The van der Waals surface area contributed by atoms with Crippen molar-refractivity contribution < 1.29 is 14.3 Å². The van der Waals surface area contributed by atoms with Gasteiger partial charge in [0.05, 0.1) is 35.8 Å². The summed E-state index contributed by atoms with van der Waals surface area (Å²) >= 11 is 19.7. The Morgan fingerprint density at radius 1 is 0.895 bits per heavy atom. The van der Waals surface area contributed by atoms with E-state index in [1.54, 1.807) is 24.4 Å². The van der Waals surface area contributed by atoms with E-state index < -0.39 is 5.97 Å². The second-order valence-electron chi connectivity index (χ2n) is 14.8. The number of anilines is 2. The highest BCUT2D eigenvalue weighted by Gasteiger charge is 2.31. The lowest BCUT2D eigenvalue weighted by atomic mass is 9.94. The van der Waals surface area contributed by atoms with Crippen LogP contribution in [0, 0.1) is 0 Å². The van der Waals surface area contributed by atoms with Crippen molar-refractivity contribution in [2.45, 2.75) is 58.0 Å². The van der Waals surface area contributed by atoms with Gasteiger partial charge in [0.15, 0.2) is 0 Å². The molecule has 0 spiro atoms. The summed E-state index contributed by atoms with van der Waals surface area (Å²) in [6.07, 6.45) is 8.17. The molecular weight excluding hydrogens is 777 g/mol. The Kier molecular flexibility index (Phi) is 12.7. The summed E-state index contributed by atoms with van der Waals surface area (Å²) in [4.78, 5) is 38.3. The summed E-state index contributed by atoms with van der Waals surface area (Å²) in [7, 11) is 1.35. The number of aromatic nitrogens is 1. The van der Waals surface area contributed by atoms with E-state index in [0.29, 0.717) is 49.1 Å². The second-order valence-corrected chi connectivity index (χ2v) is 16.1. The summed E-state index contributed by atoms with van der Waals surface area (Å²) < 4.78 is 5.10. The number of H-pyrrole nitrogens is 1. The normalized spacial score (nSPS) is 16.2. The Labute approximate surface area is 350 Å². The van der Waals surface area contributed by atoms with Crippen LogP contribution in [0.2, 0.25) is 15.1 Å². The van der Waals surface area contributed by atoms with E-state index in [1.807, 2.05) is 85.5 Å². The molecule has 2 heterocycles. The number of hydrogen-bond donors (Lipinski definition) is 2. The first kappa shape index (κ1) is 40.5. The SMILES string of the molecule is C=CN(/C(=C(\C)c1ccccc1)c1c(C(=O)Nc2cc(C(=O)OC)ccc2N2CCN(C3CCCCC3)CC2)[nH]c2cc(Cl)ccc12)C(C)c1ccc(Cl)cc1Cl. The van der Waals surface area contributed by atoms with Crippen molar-refractivity contribution in [3.05, 3.63) is 141 Å². The lowest BCUT2D eigenvalue weighted by Gasteiger charge is -2.42. The van der Waals surface area contributed by atoms with E-state index in [-0.39, 0.29) is 11.9 Å². The number of allylic oxidation sites excluding steroid dienone is 1. The number of rotatable bonds is 11. The summed E-state index contributed by atoms with van der Waals surface area (Å²) in [6.45, 7) is 11.8. The number of fused-ring (bicyclic) bond motifs is 1. The molecule has 1 saturated heterocycles. The van der Waals surface area contributed by atoms with Crippen LogP contribution >= 0.6 is 34.8 Å². The molecule has 2 fully saturated rings. The van der Waals surface area contributed by atoms with Gasteiger partial charge in [0.2, 0.25) is 0 Å². The fourth-order valence-corrected chi connectivity index (χ4v) is 9.21. The molecule has 1 aromatic heterocycles. The van der Waals surface area contributed by atoms with Gasteiger partial charge in [-0.15, -0.1) is 0 Å². The van der Waals surface area contributed by atoms with Gasteiger partial charge in [0, 0.05) is 63.8 Å². The van der Waals surface area contributed by atoms with Gasteiger partial charge in [-0.1, -0.05) is 103 Å². The molecular formula is C46H48Cl3N5O3. The standard InChI is InChI=1S/C46H48Cl3N5O3/c1-5-54(30(3)36-19-17-33(47)27-38(36)49)44(29(2)31-12-8-6-9-13-31)42-37-20-18-34(48)28-39(37)50-43(42)45(55)51-40-26-32(46(56)57-4)16-21-41(40)53-24-22-52(23-25-53)35-14-10-7-11-15-35/h5-6,8-9,12-13,16-21,26-28,30,35,50H,1,7,10-11,14-15,22-25H2,2-4H3,(H,51,55)/b44-29+. The molecule has 2 N–H and O–H groups in total. The highest BCUT2D eigenvalue weighted by Crippen LogP contribution is 2.43. The van der Waals surface area contributed by atoms with Crippen molar-refractivity contribution in [3.8, 4) is 0 Å². The number of nitrogens with zero attached hydrogens (tertiary/aromatic N) is 3. The van der Waals surface area contributed by atoms with E-state index in [9.17, 15) is 4.79 Å². The number of nitrogens with one attached hydrogen (secondary N) is 2. The first-order valence-electron chi connectivity index (χ1n) is 19.5. The molecule has 0 bridgehead atoms. The van der Waals surface area contributed by atoms with Crippen LogP contribution in [0.1, 0.15) is 89.5 Å². The van der Waals surface area contributed by atoms with E-state index in [4.69, 9.17) is 39.5 Å². The van der Waals surface area contributed by atoms with Crippen LogP contribution in [0.4, 0.5) is 11.4 Å². The van der Waals surface area contributed by atoms with E-state index in [0.717, 1.165) is 59.6 Å². The van der Waals surface area contributed by atoms with E-state index in [2.05, 4.69) is 26.7 Å². The maximum absolute atomic E-state index is 15.0. The first-order chi connectivity index (χ1) is 27.6. The fourth-order valence-electron chi connectivity index (χ4n) is 8.47. The number of hydrogen-bond acceptors (Lipinski definition) is 6. The largest absolute Gasteiger partial charge is 0.465 e. The molecule has 1 amide bonds. The first-order valence-corrected chi connectivity index (χ1v) is 20.7. The Hall–Kier alpha value is -4.73. The van der Waals surface area contributed by atoms with Gasteiger partial charge >= 0.3 is 5.97 Å². The molecule has 1 saturated carbocycles. The predicted molar refractivity (Wildman–Crippen MR) is 236 cm³/mol. The summed E-state index contributed by atoms with van der Waals surface area (Å²) in [6, 6.07) is 26.7. The van der Waals surface area contributed by atoms with Crippen LogP contribution in [0.25, 0.3) is 22.2 Å². The van der Waals surface area contributed by atoms with Crippen molar-refractivity contribution in [2.24, 2.45) is 0 Å². The molecule has 57 heavy (non-hydrogen) atoms. The van der Waals surface area contributed by atoms with Gasteiger partial charge < -0.3 is 24.8 Å². The Morgan fingerprint density at radius 3 is 2.28 bits per heavy atom. The molecule has 296 valence electrons. The molecule has 5 aromatic rings. The van der Waals surface area contributed by atoms with Gasteiger partial charge in [-0.25, -0.2) is 4.79 Å². The molecule has 7 rings (SSSR count). The lowest BCUT2D eigenvalue weighted by molar-refractivity contribution is 0.0600. The van der Waals surface area contributed by atoms with Crippen molar-refractivity contribution in [2.75, 3.05) is 43.5 Å². The Balaban J connectivity index is 1.34. The third kappa shape index (κ3) is 8.60. The monoisotopic (exact) mass is 823 g/mol. The number of halogens is 3. The number of methoxy groups -OCH3 is 1.